The van der Waals surface area contributed by atoms with Crippen LogP contribution in [0, 0.1) is 0 Å². The van der Waals surface area contributed by atoms with Crippen LogP contribution in [0.5, 0.6) is 0 Å². The van der Waals surface area contributed by atoms with Crippen LogP contribution in [0.2, 0.25) is 0 Å². The summed E-state index contributed by atoms with van der Waals surface area (Å²) in [5.74, 6) is 0.576. The Labute approximate surface area is 122 Å². The van der Waals surface area contributed by atoms with Gasteiger partial charge in [0.2, 0.25) is 0 Å². The van der Waals surface area contributed by atoms with Crippen molar-refractivity contribution in [3.63, 3.8) is 0 Å². The molecule has 112 valence electrons. The second kappa shape index (κ2) is 7.77. The molecule has 3 nitrogen and oxygen atoms in total. The van der Waals surface area contributed by atoms with Crippen LogP contribution in [0.3, 0.4) is 0 Å². The fraction of sp³-hybridized carbons (Fsp3) is 0.647. The summed E-state index contributed by atoms with van der Waals surface area (Å²) in [6.07, 6.45) is 3.63. The number of benzene rings is 1. The zero-order valence-corrected chi connectivity index (χ0v) is 12.6. The summed E-state index contributed by atoms with van der Waals surface area (Å²) < 4.78 is 11.5. The summed E-state index contributed by atoms with van der Waals surface area (Å²) in [5.41, 5.74) is 7.60. The first-order valence-electron chi connectivity index (χ1n) is 7.70. The van der Waals surface area contributed by atoms with Gasteiger partial charge < -0.3 is 15.2 Å². The summed E-state index contributed by atoms with van der Waals surface area (Å²) in [5, 5.41) is 0. The maximum Gasteiger partial charge on any atom is 0.0732 e. The van der Waals surface area contributed by atoms with Gasteiger partial charge in [-0.3, -0.25) is 0 Å². The van der Waals surface area contributed by atoms with E-state index in [9.17, 15) is 0 Å². The van der Waals surface area contributed by atoms with E-state index < -0.39 is 0 Å². The van der Waals surface area contributed by atoms with Crippen LogP contribution in [-0.4, -0.2) is 31.5 Å². The zero-order valence-electron chi connectivity index (χ0n) is 12.6. The van der Waals surface area contributed by atoms with Gasteiger partial charge in [-0.15, -0.1) is 0 Å². The summed E-state index contributed by atoms with van der Waals surface area (Å²) in [6.45, 7) is 5.37. The van der Waals surface area contributed by atoms with Crippen LogP contribution in [0.15, 0.2) is 30.3 Å². The number of rotatable bonds is 6. The number of hydrogen-bond donors (Lipinski definition) is 1. The predicted molar refractivity (Wildman–Crippen MR) is 81.8 cm³/mol. The van der Waals surface area contributed by atoms with E-state index >= 15 is 0 Å². The lowest BCUT2D eigenvalue weighted by Gasteiger charge is -2.34. The molecule has 3 heteroatoms. The molecule has 3 atom stereocenters. The lowest BCUT2D eigenvalue weighted by Crippen LogP contribution is -2.42. The third kappa shape index (κ3) is 4.58. The van der Waals surface area contributed by atoms with Gasteiger partial charge in [-0.05, 0) is 44.6 Å². The van der Waals surface area contributed by atoms with Crippen LogP contribution in [-0.2, 0) is 9.47 Å². The fourth-order valence-electron chi connectivity index (χ4n) is 2.86. The van der Waals surface area contributed by atoms with Crippen molar-refractivity contribution in [2.75, 3.05) is 13.2 Å². The smallest absolute Gasteiger partial charge is 0.0732 e. The maximum atomic E-state index is 6.20. The number of hydrogen-bond acceptors (Lipinski definition) is 3. The van der Waals surface area contributed by atoms with E-state index in [0.717, 1.165) is 19.3 Å². The van der Waals surface area contributed by atoms with Crippen molar-refractivity contribution in [1.29, 1.82) is 0 Å². The molecule has 0 aromatic heterocycles. The highest BCUT2D eigenvalue weighted by molar-refractivity contribution is 5.20. The molecular weight excluding hydrogens is 250 g/mol. The van der Waals surface area contributed by atoms with Gasteiger partial charge in [0.05, 0.1) is 25.4 Å². The highest BCUT2D eigenvalue weighted by Crippen LogP contribution is 2.33. The first kappa shape index (κ1) is 15.5. The van der Waals surface area contributed by atoms with Gasteiger partial charge in [-0.25, -0.2) is 0 Å². The highest BCUT2D eigenvalue weighted by Gasteiger charge is 2.29. The van der Waals surface area contributed by atoms with Crippen molar-refractivity contribution in [3.8, 4) is 0 Å². The van der Waals surface area contributed by atoms with Crippen LogP contribution >= 0.6 is 0 Å². The van der Waals surface area contributed by atoms with Gasteiger partial charge >= 0.3 is 0 Å². The fourth-order valence-corrected chi connectivity index (χ4v) is 2.86. The zero-order chi connectivity index (χ0) is 14.4. The molecule has 1 saturated carbocycles. The Morgan fingerprint density at radius 2 is 1.90 bits per heavy atom. The lowest BCUT2D eigenvalue weighted by atomic mass is 9.80. The van der Waals surface area contributed by atoms with Gasteiger partial charge in [0.15, 0.2) is 0 Å². The van der Waals surface area contributed by atoms with E-state index in [1.54, 1.807) is 0 Å². The Hall–Kier alpha value is -0.900. The summed E-state index contributed by atoms with van der Waals surface area (Å²) in [4.78, 5) is 0. The Kier molecular flexibility index (Phi) is 6.02. The van der Waals surface area contributed by atoms with Crippen LogP contribution < -0.4 is 5.73 Å². The molecule has 1 aliphatic rings. The maximum absolute atomic E-state index is 6.20. The lowest BCUT2D eigenvalue weighted by molar-refractivity contribution is -0.0341. The first-order chi connectivity index (χ1) is 9.66. The van der Waals surface area contributed by atoms with Gasteiger partial charge in [-0.2, -0.15) is 0 Å². The average molecular weight is 277 g/mol. The molecule has 1 aliphatic carbocycles. The normalized spacial score (nSPS) is 26.9. The van der Waals surface area contributed by atoms with Gasteiger partial charge in [-0.1, -0.05) is 30.3 Å². The van der Waals surface area contributed by atoms with E-state index in [1.165, 1.54) is 5.56 Å². The molecule has 2 rings (SSSR count). The Morgan fingerprint density at radius 3 is 2.60 bits per heavy atom. The van der Waals surface area contributed by atoms with E-state index in [4.69, 9.17) is 15.2 Å². The van der Waals surface area contributed by atoms with Crippen LogP contribution in [0.1, 0.15) is 44.6 Å². The van der Waals surface area contributed by atoms with Crippen molar-refractivity contribution >= 4 is 0 Å². The minimum Gasteiger partial charge on any atom is -0.376 e. The second-order valence-corrected chi connectivity index (χ2v) is 5.91. The topological polar surface area (TPSA) is 44.5 Å². The van der Waals surface area contributed by atoms with E-state index in [0.29, 0.717) is 19.1 Å². The molecule has 0 radical (unpaired) electrons. The Balaban J connectivity index is 1.82. The monoisotopic (exact) mass is 277 g/mol. The minimum atomic E-state index is 0.157. The van der Waals surface area contributed by atoms with Crippen molar-refractivity contribution in [1.82, 2.24) is 0 Å². The molecular formula is C17H27NO2. The first-order valence-corrected chi connectivity index (χ1v) is 7.70. The van der Waals surface area contributed by atoms with E-state index in [-0.39, 0.29) is 18.2 Å². The molecule has 2 N–H and O–H groups in total. The van der Waals surface area contributed by atoms with Crippen molar-refractivity contribution in [2.45, 2.75) is 57.3 Å². The van der Waals surface area contributed by atoms with Gasteiger partial charge in [0.25, 0.3) is 0 Å². The minimum absolute atomic E-state index is 0.157. The molecule has 1 fully saturated rings. The van der Waals surface area contributed by atoms with Gasteiger partial charge in [0, 0.05) is 6.04 Å². The highest BCUT2D eigenvalue weighted by atomic mass is 16.5. The summed E-state index contributed by atoms with van der Waals surface area (Å²) >= 11 is 0. The molecule has 0 bridgehead atoms. The van der Waals surface area contributed by atoms with Crippen molar-refractivity contribution < 1.29 is 9.47 Å². The van der Waals surface area contributed by atoms with Crippen molar-refractivity contribution in [2.24, 2.45) is 5.73 Å². The van der Waals surface area contributed by atoms with Crippen LogP contribution in [0.25, 0.3) is 0 Å². The van der Waals surface area contributed by atoms with Gasteiger partial charge in [0.1, 0.15) is 0 Å². The average Bonchev–Trinajstić information content (AvgIpc) is 2.46. The summed E-state index contributed by atoms with van der Waals surface area (Å²) in [7, 11) is 0. The molecule has 0 aliphatic heterocycles. The standard InChI is InChI=1S/C17H27NO2/c1-13(2)19-10-11-20-17-12-15(8-9-16(17)18)14-6-4-3-5-7-14/h3-7,13,15-17H,8-12,18H2,1-2H3. The third-order valence-corrected chi connectivity index (χ3v) is 3.98. The van der Waals surface area contributed by atoms with E-state index in [1.807, 2.05) is 13.8 Å². The molecule has 1 aromatic rings. The number of ether oxygens (including phenoxy) is 2. The van der Waals surface area contributed by atoms with E-state index in [2.05, 4.69) is 30.3 Å². The molecule has 0 saturated heterocycles. The quantitative estimate of drug-likeness (QED) is 0.813. The van der Waals surface area contributed by atoms with Crippen molar-refractivity contribution in [3.05, 3.63) is 35.9 Å². The third-order valence-electron chi connectivity index (χ3n) is 3.98. The summed E-state index contributed by atoms with van der Waals surface area (Å²) in [6, 6.07) is 10.9. The Bertz CT molecular complexity index is 380. The van der Waals surface area contributed by atoms with Crippen LogP contribution in [0.4, 0.5) is 0 Å². The Morgan fingerprint density at radius 1 is 1.15 bits per heavy atom. The molecule has 0 heterocycles. The molecule has 1 aromatic carbocycles. The molecule has 3 unspecified atom stereocenters. The molecule has 20 heavy (non-hydrogen) atoms. The molecule has 0 spiro atoms. The predicted octanol–water partition coefficient (Wildman–Crippen LogP) is 3.09. The molecule has 0 amide bonds. The largest absolute Gasteiger partial charge is 0.376 e. The SMILES string of the molecule is CC(C)OCCOC1CC(c2ccccc2)CCC1N. The second-order valence-electron chi connectivity index (χ2n) is 5.91. The number of nitrogens with two attached hydrogens (primary N) is 1.